The van der Waals surface area contributed by atoms with Gasteiger partial charge in [-0.25, -0.2) is 0 Å². The summed E-state index contributed by atoms with van der Waals surface area (Å²) >= 11 is 0. The number of nitrogens with zero attached hydrogens (tertiary/aromatic N) is 2. The van der Waals surface area contributed by atoms with Crippen molar-refractivity contribution < 1.29 is 28.5 Å². The van der Waals surface area contributed by atoms with Gasteiger partial charge in [0.2, 0.25) is 0 Å². The molecule has 0 bridgehead atoms. The number of amides is 2. The summed E-state index contributed by atoms with van der Waals surface area (Å²) in [5.74, 6) is 1.56. The Kier molecular flexibility index (Phi) is 9.65. The Labute approximate surface area is 219 Å². The Morgan fingerprint density at radius 2 is 1.68 bits per heavy atom. The number of hydrogen-bond acceptors (Lipinski definition) is 6. The average Bonchev–Trinajstić information content (AvgIpc) is 3.32. The van der Waals surface area contributed by atoms with Crippen LogP contribution in [0.15, 0.2) is 48.5 Å². The lowest BCUT2D eigenvalue weighted by Crippen LogP contribution is -2.35. The second kappa shape index (κ2) is 13.3. The van der Waals surface area contributed by atoms with E-state index in [0.29, 0.717) is 42.5 Å². The van der Waals surface area contributed by atoms with Crippen LogP contribution in [0.2, 0.25) is 0 Å². The van der Waals surface area contributed by atoms with Gasteiger partial charge in [-0.2, -0.15) is 0 Å². The van der Waals surface area contributed by atoms with Gasteiger partial charge in [0.25, 0.3) is 11.8 Å². The van der Waals surface area contributed by atoms with Gasteiger partial charge in [-0.05, 0) is 37.1 Å². The summed E-state index contributed by atoms with van der Waals surface area (Å²) in [4.78, 5) is 29.7. The van der Waals surface area contributed by atoms with Gasteiger partial charge in [-0.15, -0.1) is 0 Å². The average molecular weight is 511 g/mol. The maximum atomic E-state index is 13.2. The summed E-state index contributed by atoms with van der Waals surface area (Å²) in [5, 5.41) is 0. The zero-order chi connectivity index (χ0) is 26.0. The summed E-state index contributed by atoms with van der Waals surface area (Å²) < 4.78 is 23.6. The molecule has 0 saturated carbocycles. The first-order valence-corrected chi connectivity index (χ1v) is 13.2. The lowest BCUT2D eigenvalue weighted by atomic mass is 10.1. The molecule has 2 heterocycles. The van der Waals surface area contributed by atoms with Gasteiger partial charge in [0.15, 0.2) is 6.61 Å². The molecule has 2 aromatic carbocycles. The minimum atomic E-state index is -0.382. The molecule has 8 heteroatoms. The molecule has 0 aromatic heterocycles. The first-order valence-electron chi connectivity index (χ1n) is 13.2. The number of carbonyl (C=O) groups excluding carboxylic acids is 2. The Balaban J connectivity index is 1.46. The number of rotatable bonds is 4. The quantitative estimate of drug-likeness (QED) is 0.614. The molecule has 1 saturated heterocycles. The van der Waals surface area contributed by atoms with E-state index in [4.69, 9.17) is 18.9 Å². The highest BCUT2D eigenvalue weighted by atomic mass is 16.5. The van der Waals surface area contributed by atoms with Crippen LogP contribution < -0.4 is 14.2 Å². The van der Waals surface area contributed by atoms with Crippen molar-refractivity contribution in [3.8, 4) is 17.2 Å². The van der Waals surface area contributed by atoms with E-state index in [1.54, 1.807) is 35.1 Å². The normalized spacial score (nSPS) is 21.5. The van der Waals surface area contributed by atoms with Crippen LogP contribution in [0.4, 0.5) is 0 Å². The number of para-hydroxylation sites is 1. The molecule has 2 aromatic rings. The minimum Gasteiger partial charge on any atom is -0.497 e. The minimum absolute atomic E-state index is 0.0576. The van der Waals surface area contributed by atoms with Crippen molar-refractivity contribution in [2.75, 3.05) is 47.0 Å². The number of fused-ring (bicyclic) bond motifs is 2. The number of ether oxygens (including phenoxy) is 4. The fraction of sp³-hybridized carbons (Fsp3) is 0.517. The number of benzene rings is 2. The molecule has 0 radical (unpaired) electrons. The van der Waals surface area contributed by atoms with Gasteiger partial charge >= 0.3 is 0 Å². The van der Waals surface area contributed by atoms with Crippen molar-refractivity contribution in [2.45, 2.75) is 50.7 Å². The van der Waals surface area contributed by atoms with Crippen LogP contribution >= 0.6 is 0 Å². The van der Waals surface area contributed by atoms with Crippen LogP contribution in [-0.4, -0.2) is 80.8 Å². The summed E-state index contributed by atoms with van der Waals surface area (Å²) in [6.07, 6.45) is 5.82. The fourth-order valence-corrected chi connectivity index (χ4v) is 4.76. The Bertz CT molecular complexity index is 1040. The molecule has 2 aliphatic rings. The molecule has 0 spiro atoms. The monoisotopic (exact) mass is 510 g/mol. The first-order chi connectivity index (χ1) is 18.0. The molecular formula is C29H38N2O6. The second-order valence-electron chi connectivity index (χ2n) is 9.68. The first kappa shape index (κ1) is 26.8. The van der Waals surface area contributed by atoms with E-state index in [-0.39, 0.29) is 30.6 Å². The van der Waals surface area contributed by atoms with Gasteiger partial charge in [0, 0.05) is 26.3 Å². The van der Waals surface area contributed by atoms with Crippen LogP contribution in [0, 0.1) is 0 Å². The molecule has 4 rings (SSSR count). The Morgan fingerprint density at radius 3 is 2.51 bits per heavy atom. The van der Waals surface area contributed by atoms with Crippen LogP contribution in [0.5, 0.6) is 17.2 Å². The van der Waals surface area contributed by atoms with E-state index in [2.05, 4.69) is 0 Å². The molecule has 1 fully saturated rings. The van der Waals surface area contributed by atoms with Crippen molar-refractivity contribution in [3.63, 3.8) is 0 Å². The molecular weight excluding hydrogens is 472 g/mol. The van der Waals surface area contributed by atoms with Gasteiger partial charge in [-0.3, -0.25) is 9.59 Å². The Morgan fingerprint density at radius 1 is 0.946 bits per heavy atom. The predicted molar refractivity (Wildman–Crippen MR) is 140 cm³/mol. The van der Waals surface area contributed by atoms with E-state index >= 15 is 0 Å². The summed E-state index contributed by atoms with van der Waals surface area (Å²) in [6, 6.07) is 14.5. The number of likely N-dealkylation sites (tertiary alicyclic amines) is 1. The van der Waals surface area contributed by atoms with Crippen molar-refractivity contribution in [2.24, 2.45) is 0 Å². The van der Waals surface area contributed by atoms with E-state index in [1.807, 2.05) is 37.4 Å². The van der Waals surface area contributed by atoms with E-state index in [0.717, 1.165) is 45.1 Å². The summed E-state index contributed by atoms with van der Waals surface area (Å²) in [7, 11) is 3.43. The summed E-state index contributed by atoms with van der Waals surface area (Å²) in [6.45, 7) is 2.03. The number of carbonyl (C=O) groups is 2. The molecule has 200 valence electrons. The molecule has 2 aliphatic heterocycles. The van der Waals surface area contributed by atoms with Gasteiger partial charge in [0.05, 0.1) is 25.8 Å². The van der Waals surface area contributed by atoms with Gasteiger partial charge < -0.3 is 28.7 Å². The second-order valence-corrected chi connectivity index (χ2v) is 9.68. The third-order valence-corrected chi connectivity index (χ3v) is 6.93. The van der Waals surface area contributed by atoms with Crippen LogP contribution in [0.3, 0.4) is 0 Å². The molecule has 0 aliphatic carbocycles. The highest BCUT2D eigenvalue weighted by Crippen LogP contribution is 2.26. The van der Waals surface area contributed by atoms with E-state index < -0.39 is 0 Å². The maximum Gasteiger partial charge on any atom is 0.260 e. The predicted octanol–water partition coefficient (Wildman–Crippen LogP) is 4.18. The third kappa shape index (κ3) is 7.38. The van der Waals surface area contributed by atoms with Crippen LogP contribution in [0.1, 0.15) is 48.9 Å². The SMILES string of the molecule is COc1cccc(OCC(=O)N2C[C@H]3OCCCCCCCCN(C)C(=O)c4ccccc4O[C@@H]3C2)c1. The fourth-order valence-electron chi connectivity index (χ4n) is 4.76. The van der Waals surface area contributed by atoms with Crippen LogP contribution in [0.25, 0.3) is 0 Å². The topological polar surface area (TPSA) is 77.5 Å². The van der Waals surface area contributed by atoms with E-state index in [9.17, 15) is 9.59 Å². The van der Waals surface area contributed by atoms with Crippen molar-refractivity contribution in [1.82, 2.24) is 9.80 Å². The lowest BCUT2D eigenvalue weighted by Gasteiger charge is -2.24. The third-order valence-electron chi connectivity index (χ3n) is 6.93. The van der Waals surface area contributed by atoms with Crippen LogP contribution in [-0.2, 0) is 9.53 Å². The largest absolute Gasteiger partial charge is 0.497 e. The maximum absolute atomic E-state index is 13.2. The van der Waals surface area contributed by atoms with Gasteiger partial charge in [0.1, 0.15) is 29.5 Å². The highest BCUT2D eigenvalue weighted by molar-refractivity contribution is 5.96. The Hall–Kier alpha value is -3.26. The smallest absolute Gasteiger partial charge is 0.260 e. The number of hydrogen-bond donors (Lipinski definition) is 0. The van der Waals surface area contributed by atoms with Gasteiger partial charge in [-0.1, -0.05) is 43.9 Å². The van der Waals surface area contributed by atoms with E-state index in [1.165, 1.54) is 0 Å². The molecule has 37 heavy (non-hydrogen) atoms. The molecule has 2 amide bonds. The molecule has 0 unspecified atom stereocenters. The molecule has 0 N–H and O–H groups in total. The molecule has 8 nitrogen and oxygen atoms in total. The van der Waals surface area contributed by atoms with Crippen molar-refractivity contribution >= 4 is 11.8 Å². The summed E-state index contributed by atoms with van der Waals surface area (Å²) in [5.41, 5.74) is 0.530. The zero-order valence-corrected chi connectivity index (χ0v) is 21.9. The van der Waals surface area contributed by atoms with Crippen molar-refractivity contribution in [3.05, 3.63) is 54.1 Å². The molecule has 2 atom stereocenters. The van der Waals surface area contributed by atoms with Crippen molar-refractivity contribution in [1.29, 1.82) is 0 Å². The number of methoxy groups -OCH3 is 1. The standard InChI is InChI=1S/C29H38N2O6/c1-30-16-9-5-3-4-6-10-17-35-26-19-31(28(32)21-36-23-13-11-12-22(18-23)34-2)20-27(26)37-25-15-8-7-14-24(25)29(30)33/h7-8,11-15,18,26-27H,3-6,9-10,16-17,19-21H2,1-2H3/t26-,27-/m1/s1. The lowest BCUT2D eigenvalue weighted by molar-refractivity contribution is -0.132. The highest BCUT2D eigenvalue weighted by Gasteiger charge is 2.38. The zero-order valence-electron chi connectivity index (χ0n) is 21.9.